The SMILES string of the molecule is CNC(=O)c1cccc(CC2CCOc3ccccc3C2)n1. The van der Waals surface area contributed by atoms with Crippen molar-refractivity contribution in [3.8, 4) is 5.75 Å². The number of carbonyl (C=O) groups is 1. The number of hydrogen-bond donors (Lipinski definition) is 1. The van der Waals surface area contributed by atoms with Crippen LogP contribution < -0.4 is 10.1 Å². The Bertz CT molecular complexity index is 670. The fourth-order valence-corrected chi connectivity index (χ4v) is 2.88. The zero-order valence-corrected chi connectivity index (χ0v) is 12.7. The fourth-order valence-electron chi connectivity index (χ4n) is 2.88. The van der Waals surface area contributed by atoms with Gasteiger partial charge in [0.1, 0.15) is 11.4 Å². The fraction of sp³-hybridized carbons (Fsp3) is 0.333. The van der Waals surface area contributed by atoms with Gasteiger partial charge in [0.05, 0.1) is 6.61 Å². The summed E-state index contributed by atoms with van der Waals surface area (Å²) >= 11 is 0. The molecule has 3 rings (SSSR count). The Balaban J connectivity index is 1.75. The number of ether oxygens (including phenoxy) is 1. The molecule has 114 valence electrons. The zero-order valence-electron chi connectivity index (χ0n) is 12.7. The first-order chi connectivity index (χ1) is 10.8. The molecular formula is C18H20N2O2. The van der Waals surface area contributed by atoms with Crippen LogP contribution in [0.4, 0.5) is 0 Å². The molecule has 1 atom stereocenters. The molecule has 4 heteroatoms. The number of rotatable bonds is 3. The van der Waals surface area contributed by atoms with E-state index in [1.54, 1.807) is 13.1 Å². The second-order valence-electron chi connectivity index (χ2n) is 5.61. The van der Waals surface area contributed by atoms with Crippen LogP contribution in [0.25, 0.3) is 0 Å². The molecule has 0 spiro atoms. The number of carbonyl (C=O) groups excluding carboxylic acids is 1. The first kappa shape index (κ1) is 14.6. The van der Waals surface area contributed by atoms with E-state index in [9.17, 15) is 4.79 Å². The van der Waals surface area contributed by atoms with Crippen molar-refractivity contribution in [2.75, 3.05) is 13.7 Å². The molecule has 1 aliphatic rings. The van der Waals surface area contributed by atoms with Crippen molar-refractivity contribution >= 4 is 5.91 Å². The molecule has 1 aromatic carbocycles. The smallest absolute Gasteiger partial charge is 0.269 e. The average molecular weight is 296 g/mol. The van der Waals surface area contributed by atoms with Crippen LogP contribution in [-0.2, 0) is 12.8 Å². The number of nitrogens with one attached hydrogen (secondary N) is 1. The number of para-hydroxylation sites is 1. The van der Waals surface area contributed by atoms with Gasteiger partial charge in [-0.2, -0.15) is 0 Å². The van der Waals surface area contributed by atoms with Crippen LogP contribution in [0.1, 0.15) is 28.2 Å². The van der Waals surface area contributed by atoms with Crippen LogP contribution in [-0.4, -0.2) is 24.5 Å². The summed E-state index contributed by atoms with van der Waals surface area (Å²) in [6.45, 7) is 0.733. The van der Waals surface area contributed by atoms with Gasteiger partial charge in [-0.3, -0.25) is 4.79 Å². The first-order valence-corrected chi connectivity index (χ1v) is 7.65. The quantitative estimate of drug-likeness (QED) is 0.947. The van der Waals surface area contributed by atoms with Crippen molar-refractivity contribution in [1.29, 1.82) is 0 Å². The predicted molar refractivity (Wildman–Crippen MR) is 85.1 cm³/mol. The van der Waals surface area contributed by atoms with E-state index < -0.39 is 0 Å². The van der Waals surface area contributed by atoms with Gasteiger partial charge in [0.25, 0.3) is 5.91 Å². The van der Waals surface area contributed by atoms with E-state index in [1.165, 1.54) is 5.56 Å². The Hall–Kier alpha value is -2.36. The highest BCUT2D eigenvalue weighted by atomic mass is 16.5. The highest BCUT2D eigenvalue weighted by Gasteiger charge is 2.18. The monoisotopic (exact) mass is 296 g/mol. The molecule has 2 aromatic rings. The van der Waals surface area contributed by atoms with E-state index >= 15 is 0 Å². The van der Waals surface area contributed by atoms with Gasteiger partial charge in [-0.05, 0) is 48.9 Å². The van der Waals surface area contributed by atoms with E-state index in [-0.39, 0.29) is 5.91 Å². The molecule has 0 fully saturated rings. The number of pyridine rings is 1. The Labute approximate surface area is 130 Å². The molecule has 1 amide bonds. The number of aromatic nitrogens is 1. The highest BCUT2D eigenvalue weighted by molar-refractivity contribution is 5.91. The average Bonchev–Trinajstić information content (AvgIpc) is 2.76. The molecule has 4 nitrogen and oxygen atoms in total. The summed E-state index contributed by atoms with van der Waals surface area (Å²) in [5.74, 6) is 1.34. The van der Waals surface area contributed by atoms with Crippen molar-refractivity contribution in [3.63, 3.8) is 0 Å². The second kappa shape index (κ2) is 6.60. The van der Waals surface area contributed by atoms with Gasteiger partial charge >= 0.3 is 0 Å². The molecule has 0 saturated carbocycles. The first-order valence-electron chi connectivity index (χ1n) is 7.65. The second-order valence-corrected chi connectivity index (χ2v) is 5.61. The Kier molecular flexibility index (Phi) is 4.37. The minimum atomic E-state index is -0.142. The topological polar surface area (TPSA) is 51.2 Å². The van der Waals surface area contributed by atoms with Gasteiger partial charge < -0.3 is 10.1 Å². The van der Waals surface area contributed by atoms with E-state index in [0.717, 1.165) is 37.3 Å². The summed E-state index contributed by atoms with van der Waals surface area (Å²) < 4.78 is 5.81. The summed E-state index contributed by atoms with van der Waals surface area (Å²) in [6.07, 6.45) is 2.85. The lowest BCUT2D eigenvalue weighted by atomic mass is 9.92. The van der Waals surface area contributed by atoms with Crippen molar-refractivity contribution in [3.05, 3.63) is 59.4 Å². The molecule has 1 unspecified atom stereocenters. The highest BCUT2D eigenvalue weighted by Crippen LogP contribution is 2.28. The van der Waals surface area contributed by atoms with Crippen molar-refractivity contribution < 1.29 is 9.53 Å². The molecule has 1 aromatic heterocycles. The zero-order chi connectivity index (χ0) is 15.4. The summed E-state index contributed by atoms with van der Waals surface area (Å²) in [6, 6.07) is 13.8. The van der Waals surface area contributed by atoms with Crippen LogP contribution >= 0.6 is 0 Å². The number of nitrogens with zero attached hydrogens (tertiary/aromatic N) is 1. The molecule has 0 saturated heterocycles. The summed E-state index contributed by atoms with van der Waals surface area (Å²) in [5.41, 5.74) is 2.70. The lowest BCUT2D eigenvalue weighted by Crippen LogP contribution is -2.20. The Morgan fingerprint density at radius 3 is 3.00 bits per heavy atom. The molecule has 1 N–H and O–H groups in total. The van der Waals surface area contributed by atoms with Gasteiger partial charge in [-0.25, -0.2) is 4.98 Å². The normalized spacial score (nSPS) is 17.0. The number of hydrogen-bond acceptors (Lipinski definition) is 3. The molecule has 2 heterocycles. The van der Waals surface area contributed by atoms with E-state index in [2.05, 4.69) is 22.4 Å². The van der Waals surface area contributed by atoms with Crippen LogP contribution in [0.5, 0.6) is 5.75 Å². The Morgan fingerprint density at radius 1 is 1.27 bits per heavy atom. The molecule has 0 aliphatic carbocycles. The standard InChI is InChI=1S/C18H20N2O2/c1-19-18(21)16-7-4-6-15(20-16)12-13-9-10-22-17-8-3-2-5-14(17)11-13/h2-8,13H,9-12H2,1H3,(H,19,21). The molecule has 0 radical (unpaired) electrons. The number of fused-ring (bicyclic) bond motifs is 1. The van der Waals surface area contributed by atoms with E-state index in [1.807, 2.05) is 24.3 Å². The number of amides is 1. The van der Waals surface area contributed by atoms with Crippen LogP contribution in [0.3, 0.4) is 0 Å². The van der Waals surface area contributed by atoms with Crippen LogP contribution in [0.15, 0.2) is 42.5 Å². The minimum absolute atomic E-state index is 0.142. The largest absolute Gasteiger partial charge is 0.493 e. The maximum Gasteiger partial charge on any atom is 0.269 e. The van der Waals surface area contributed by atoms with Crippen molar-refractivity contribution in [2.45, 2.75) is 19.3 Å². The minimum Gasteiger partial charge on any atom is -0.493 e. The summed E-state index contributed by atoms with van der Waals surface area (Å²) in [5, 5.41) is 2.61. The van der Waals surface area contributed by atoms with Gasteiger partial charge in [0, 0.05) is 12.7 Å². The Morgan fingerprint density at radius 2 is 2.14 bits per heavy atom. The maximum absolute atomic E-state index is 11.7. The van der Waals surface area contributed by atoms with Gasteiger partial charge in [-0.15, -0.1) is 0 Å². The summed E-state index contributed by atoms with van der Waals surface area (Å²) in [4.78, 5) is 16.2. The lowest BCUT2D eigenvalue weighted by molar-refractivity contribution is 0.0958. The molecule has 1 aliphatic heterocycles. The van der Waals surface area contributed by atoms with Gasteiger partial charge in [-0.1, -0.05) is 24.3 Å². The third-order valence-corrected chi connectivity index (χ3v) is 4.03. The predicted octanol–water partition coefficient (Wildman–Crippen LogP) is 2.63. The summed E-state index contributed by atoms with van der Waals surface area (Å²) in [7, 11) is 1.62. The van der Waals surface area contributed by atoms with Crippen LogP contribution in [0, 0.1) is 5.92 Å². The lowest BCUT2D eigenvalue weighted by Gasteiger charge is -2.13. The van der Waals surface area contributed by atoms with E-state index in [4.69, 9.17) is 4.74 Å². The maximum atomic E-state index is 11.7. The molecule has 0 bridgehead atoms. The number of benzene rings is 1. The molecule has 22 heavy (non-hydrogen) atoms. The van der Waals surface area contributed by atoms with Gasteiger partial charge in [0.15, 0.2) is 0 Å². The molecular weight excluding hydrogens is 276 g/mol. The van der Waals surface area contributed by atoms with E-state index in [0.29, 0.717) is 11.6 Å². The van der Waals surface area contributed by atoms with Gasteiger partial charge in [0.2, 0.25) is 0 Å². The van der Waals surface area contributed by atoms with Crippen LogP contribution in [0.2, 0.25) is 0 Å². The third-order valence-electron chi connectivity index (χ3n) is 4.03. The van der Waals surface area contributed by atoms with Crippen molar-refractivity contribution in [1.82, 2.24) is 10.3 Å². The third kappa shape index (κ3) is 3.27. The van der Waals surface area contributed by atoms with Crippen molar-refractivity contribution in [2.24, 2.45) is 5.92 Å².